The van der Waals surface area contributed by atoms with E-state index in [4.69, 9.17) is 0 Å². The fourth-order valence-corrected chi connectivity index (χ4v) is 6.77. The zero-order valence-electron chi connectivity index (χ0n) is 18.7. The predicted octanol–water partition coefficient (Wildman–Crippen LogP) is 3.43. The highest BCUT2D eigenvalue weighted by Gasteiger charge is 2.40. The van der Waals surface area contributed by atoms with Crippen LogP contribution in [0.3, 0.4) is 0 Å². The van der Waals surface area contributed by atoms with Crippen molar-refractivity contribution in [2.24, 2.45) is 5.92 Å². The van der Waals surface area contributed by atoms with Crippen molar-refractivity contribution in [1.82, 2.24) is 14.5 Å². The maximum absolute atomic E-state index is 13.6. The molecule has 0 aliphatic carbocycles. The third-order valence-electron chi connectivity index (χ3n) is 6.86. The van der Waals surface area contributed by atoms with Crippen LogP contribution in [-0.4, -0.2) is 55.8 Å². The summed E-state index contributed by atoms with van der Waals surface area (Å²) in [6.07, 6.45) is 3.57. The summed E-state index contributed by atoms with van der Waals surface area (Å²) in [4.78, 5) is 15.7. The molecule has 0 bridgehead atoms. The Morgan fingerprint density at radius 1 is 1.00 bits per heavy atom. The van der Waals surface area contributed by atoms with Crippen molar-refractivity contribution in [3.8, 4) is 0 Å². The minimum Gasteiger partial charge on any atom is -0.354 e. The average Bonchev–Trinajstić information content (AvgIpc) is 3.31. The van der Waals surface area contributed by atoms with Crippen LogP contribution in [0.15, 0.2) is 65.6 Å². The molecular weight excluding hydrogens is 422 g/mol. The van der Waals surface area contributed by atoms with Crippen LogP contribution in [0.2, 0.25) is 0 Å². The van der Waals surface area contributed by atoms with Gasteiger partial charge in [-0.25, -0.2) is 8.42 Å². The van der Waals surface area contributed by atoms with E-state index in [-0.39, 0.29) is 29.3 Å². The zero-order chi connectivity index (χ0) is 22.6. The van der Waals surface area contributed by atoms with Crippen LogP contribution in [0.1, 0.15) is 44.2 Å². The van der Waals surface area contributed by atoms with Crippen molar-refractivity contribution in [2.45, 2.75) is 49.6 Å². The summed E-state index contributed by atoms with van der Waals surface area (Å²) < 4.78 is 28.7. The topological polar surface area (TPSA) is 69.7 Å². The summed E-state index contributed by atoms with van der Waals surface area (Å²) in [5.74, 6) is -0.377. The second kappa shape index (κ2) is 10.1. The largest absolute Gasteiger partial charge is 0.354 e. The van der Waals surface area contributed by atoms with Gasteiger partial charge in [-0.15, -0.1) is 0 Å². The van der Waals surface area contributed by atoms with Gasteiger partial charge in [0.1, 0.15) is 0 Å². The fourth-order valence-electron chi connectivity index (χ4n) is 5.06. The number of carbonyl (C=O) groups excluding carboxylic acids is 1. The minimum atomic E-state index is -3.72. The van der Waals surface area contributed by atoms with Gasteiger partial charge in [-0.2, -0.15) is 4.31 Å². The van der Waals surface area contributed by atoms with E-state index in [0.29, 0.717) is 25.4 Å². The zero-order valence-corrected chi connectivity index (χ0v) is 19.5. The Hall–Kier alpha value is -2.22. The molecule has 2 heterocycles. The Kier molecular flexibility index (Phi) is 7.28. The van der Waals surface area contributed by atoms with E-state index in [1.54, 1.807) is 28.6 Å². The van der Waals surface area contributed by atoms with Crippen molar-refractivity contribution < 1.29 is 13.2 Å². The molecule has 3 atom stereocenters. The first-order chi connectivity index (χ1) is 15.5. The van der Waals surface area contributed by atoms with Crippen LogP contribution in [0, 0.1) is 5.92 Å². The monoisotopic (exact) mass is 455 g/mol. The lowest BCUT2D eigenvalue weighted by Gasteiger charge is -2.38. The molecule has 0 saturated carbocycles. The lowest BCUT2D eigenvalue weighted by molar-refractivity contribution is -0.126. The molecule has 2 aliphatic rings. The Morgan fingerprint density at radius 3 is 2.38 bits per heavy atom. The highest BCUT2D eigenvalue weighted by molar-refractivity contribution is 7.89. The van der Waals surface area contributed by atoms with Gasteiger partial charge in [0.05, 0.1) is 16.9 Å². The Balaban J connectivity index is 1.52. The highest BCUT2D eigenvalue weighted by atomic mass is 32.2. The second-order valence-corrected chi connectivity index (χ2v) is 10.6. The first-order valence-corrected chi connectivity index (χ1v) is 13.1. The van der Waals surface area contributed by atoms with Crippen molar-refractivity contribution >= 4 is 15.9 Å². The molecule has 0 spiro atoms. The standard InChI is InChI=1S/C25H33N3O3S/c1-2-27-17-9-12-22(27)18-26-25(29)21-15-16-24(20-10-5-3-6-11-20)28(19-21)32(30,31)23-13-7-4-8-14-23/h3-8,10-11,13-14,21-22,24H,2,9,12,15-19H2,1H3,(H,26,29)/t21-,22?,24-/m1/s1. The first-order valence-electron chi connectivity index (χ1n) is 11.6. The minimum absolute atomic E-state index is 0.0345. The Bertz CT molecular complexity index is 998. The molecule has 0 radical (unpaired) electrons. The molecule has 7 heteroatoms. The molecular formula is C25H33N3O3S. The molecule has 2 aliphatic heterocycles. The van der Waals surface area contributed by atoms with Crippen LogP contribution in [0.4, 0.5) is 0 Å². The maximum atomic E-state index is 13.6. The van der Waals surface area contributed by atoms with E-state index >= 15 is 0 Å². The smallest absolute Gasteiger partial charge is 0.243 e. The van der Waals surface area contributed by atoms with Gasteiger partial charge in [0.15, 0.2) is 0 Å². The molecule has 2 saturated heterocycles. The first kappa shape index (κ1) is 23.0. The number of likely N-dealkylation sites (N-methyl/N-ethyl adjacent to an activating group) is 1. The molecule has 1 amide bonds. The molecule has 32 heavy (non-hydrogen) atoms. The van der Waals surface area contributed by atoms with Gasteiger partial charge in [0.25, 0.3) is 0 Å². The van der Waals surface area contributed by atoms with E-state index in [1.165, 1.54) is 6.42 Å². The summed E-state index contributed by atoms with van der Waals surface area (Å²) in [7, 11) is -3.72. The van der Waals surface area contributed by atoms with Crippen LogP contribution in [0.5, 0.6) is 0 Å². The van der Waals surface area contributed by atoms with Crippen molar-refractivity contribution in [3.63, 3.8) is 0 Å². The van der Waals surface area contributed by atoms with E-state index in [2.05, 4.69) is 17.1 Å². The van der Waals surface area contributed by atoms with Crippen LogP contribution in [-0.2, 0) is 14.8 Å². The van der Waals surface area contributed by atoms with Gasteiger partial charge >= 0.3 is 0 Å². The molecule has 1 unspecified atom stereocenters. The number of hydrogen-bond donors (Lipinski definition) is 1. The van der Waals surface area contributed by atoms with Crippen molar-refractivity contribution in [1.29, 1.82) is 0 Å². The Labute approximate surface area is 191 Å². The van der Waals surface area contributed by atoms with Gasteiger partial charge in [0, 0.05) is 19.1 Å². The number of amides is 1. The normalized spacial score (nSPS) is 25.0. The van der Waals surface area contributed by atoms with E-state index in [1.807, 2.05) is 36.4 Å². The van der Waals surface area contributed by atoms with E-state index < -0.39 is 10.0 Å². The summed E-state index contributed by atoms with van der Waals surface area (Å²) in [5.41, 5.74) is 0.968. The molecule has 2 fully saturated rings. The maximum Gasteiger partial charge on any atom is 0.243 e. The number of nitrogens with one attached hydrogen (secondary N) is 1. The number of nitrogens with zero attached hydrogens (tertiary/aromatic N) is 2. The second-order valence-electron chi connectivity index (χ2n) is 8.76. The van der Waals surface area contributed by atoms with Gasteiger partial charge in [-0.05, 0) is 56.5 Å². The van der Waals surface area contributed by atoms with E-state index in [0.717, 1.165) is 25.1 Å². The van der Waals surface area contributed by atoms with Gasteiger partial charge in [0.2, 0.25) is 15.9 Å². The summed E-state index contributed by atoms with van der Waals surface area (Å²) in [6.45, 7) is 5.06. The quantitative estimate of drug-likeness (QED) is 0.695. The molecule has 4 rings (SSSR count). The van der Waals surface area contributed by atoms with Gasteiger partial charge in [-0.1, -0.05) is 55.5 Å². The predicted molar refractivity (Wildman–Crippen MR) is 126 cm³/mol. The van der Waals surface area contributed by atoms with Crippen molar-refractivity contribution in [2.75, 3.05) is 26.2 Å². The molecule has 2 aromatic rings. The Morgan fingerprint density at radius 2 is 1.69 bits per heavy atom. The summed E-state index contributed by atoms with van der Waals surface area (Å²) in [6, 6.07) is 18.4. The van der Waals surface area contributed by atoms with Crippen LogP contribution < -0.4 is 5.32 Å². The lowest BCUT2D eigenvalue weighted by atomic mass is 9.90. The lowest BCUT2D eigenvalue weighted by Crippen LogP contribution is -2.48. The molecule has 172 valence electrons. The van der Waals surface area contributed by atoms with Crippen LogP contribution >= 0.6 is 0 Å². The highest BCUT2D eigenvalue weighted by Crippen LogP contribution is 2.37. The molecule has 0 aromatic heterocycles. The summed E-state index contributed by atoms with van der Waals surface area (Å²) >= 11 is 0. The van der Waals surface area contributed by atoms with Gasteiger partial charge < -0.3 is 5.32 Å². The number of likely N-dealkylation sites (tertiary alicyclic amines) is 1. The van der Waals surface area contributed by atoms with Crippen LogP contribution in [0.25, 0.3) is 0 Å². The third kappa shape index (κ3) is 4.90. The third-order valence-corrected chi connectivity index (χ3v) is 8.75. The number of hydrogen-bond acceptors (Lipinski definition) is 4. The summed E-state index contributed by atoms with van der Waals surface area (Å²) in [5, 5.41) is 3.12. The number of rotatable bonds is 7. The number of sulfonamides is 1. The van der Waals surface area contributed by atoms with E-state index in [9.17, 15) is 13.2 Å². The van der Waals surface area contributed by atoms with Gasteiger partial charge in [-0.3, -0.25) is 9.69 Å². The average molecular weight is 456 g/mol. The number of carbonyl (C=O) groups is 1. The van der Waals surface area contributed by atoms with Crippen molar-refractivity contribution in [3.05, 3.63) is 66.2 Å². The molecule has 2 aromatic carbocycles. The molecule has 6 nitrogen and oxygen atoms in total. The molecule has 1 N–H and O–H groups in total. The number of benzene rings is 2. The fraction of sp³-hybridized carbons (Fsp3) is 0.480. The SMILES string of the molecule is CCN1CCCC1CNC(=O)[C@@H]1CC[C@H](c2ccccc2)N(S(=O)(=O)c2ccccc2)C1. The number of piperidine rings is 1.